The first-order valence-electron chi connectivity index (χ1n) is 4.26. The number of phenolic OH excluding ortho intramolecular Hbond substituents is 2. The molecule has 0 fully saturated rings. The molecule has 0 saturated heterocycles. The number of aromatic hydroxyl groups is 2. The lowest BCUT2D eigenvalue weighted by Gasteiger charge is -2.08. The Morgan fingerprint density at radius 3 is 2.50 bits per heavy atom. The summed E-state index contributed by atoms with van der Waals surface area (Å²) in [7, 11) is 0. The predicted molar refractivity (Wildman–Crippen MR) is 52.0 cm³/mol. The molecular formula is C10H13NO3. The van der Waals surface area contributed by atoms with Crippen LogP contribution in [0, 0.1) is 6.92 Å². The number of hydrogen-bond donors (Lipinski definition) is 3. The van der Waals surface area contributed by atoms with E-state index in [1.807, 2.05) is 0 Å². The highest BCUT2D eigenvalue weighted by Crippen LogP contribution is 2.27. The van der Waals surface area contributed by atoms with Gasteiger partial charge in [0.15, 0.2) is 11.5 Å². The predicted octanol–water partition coefficient (Wildman–Crippen LogP) is 1.04. The van der Waals surface area contributed by atoms with E-state index in [0.717, 1.165) is 11.1 Å². The molecule has 1 aromatic rings. The Balaban J connectivity index is 2.87. The fourth-order valence-corrected chi connectivity index (χ4v) is 1.13. The van der Waals surface area contributed by atoms with E-state index in [1.165, 1.54) is 19.1 Å². The van der Waals surface area contributed by atoms with Gasteiger partial charge in [-0.05, 0) is 30.2 Å². The van der Waals surface area contributed by atoms with Crippen molar-refractivity contribution < 1.29 is 15.0 Å². The van der Waals surface area contributed by atoms with E-state index in [1.54, 1.807) is 6.92 Å². The molecule has 3 N–H and O–H groups in total. The molecule has 0 atom stereocenters. The van der Waals surface area contributed by atoms with Crippen LogP contribution in [0.5, 0.6) is 11.5 Å². The summed E-state index contributed by atoms with van der Waals surface area (Å²) in [5, 5.41) is 21.0. The minimum atomic E-state index is -0.170. The molecule has 1 amide bonds. The first-order chi connectivity index (χ1) is 6.50. The molecule has 4 nitrogen and oxygen atoms in total. The van der Waals surface area contributed by atoms with E-state index < -0.39 is 0 Å². The van der Waals surface area contributed by atoms with Crippen molar-refractivity contribution in [3.8, 4) is 11.5 Å². The minimum absolute atomic E-state index is 0.128. The van der Waals surface area contributed by atoms with Gasteiger partial charge in [-0.3, -0.25) is 4.79 Å². The van der Waals surface area contributed by atoms with Gasteiger partial charge in [-0.1, -0.05) is 0 Å². The fraction of sp³-hybridized carbons (Fsp3) is 0.300. The average Bonchev–Trinajstić information content (AvgIpc) is 2.09. The van der Waals surface area contributed by atoms with Crippen LogP contribution in [0.3, 0.4) is 0 Å². The Labute approximate surface area is 82.2 Å². The van der Waals surface area contributed by atoms with E-state index in [-0.39, 0.29) is 17.4 Å². The zero-order chi connectivity index (χ0) is 10.7. The molecule has 0 spiro atoms. The Morgan fingerprint density at radius 1 is 1.36 bits per heavy atom. The summed E-state index contributed by atoms with van der Waals surface area (Å²) in [6.45, 7) is 3.58. The van der Waals surface area contributed by atoms with Gasteiger partial charge < -0.3 is 15.5 Å². The Bertz CT molecular complexity index is 361. The first-order valence-corrected chi connectivity index (χ1v) is 4.26. The van der Waals surface area contributed by atoms with Crippen molar-refractivity contribution in [3.05, 3.63) is 23.3 Å². The van der Waals surface area contributed by atoms with Gasteiger partial charge in [0, 0.05) is 13.5 Å². The van der Waals surface area contributed by atoms with Gasteiger partial charge in [-0.2, -0.15) is 0 Å². The lowest BCUT2D eigenvalue weighted by Crippen LogP contribution is -2.19. The molecule has 0 bridgehead atoms. The highest BCUT2D eigenvalue weighted by Gasteiger charge is 2.05. The monoisotopic (exact) mass is 195 g/mol. The molecule has 0 unspecified atom stereocenters. The first kappa shape index (κ1) is 10.4. The largest absolute Gasteiger partial charge is 0.504 e. The van der Waals surface area contributed by atoms with Gasteiger partial charge in [-0.15, -0.1) is 0 Å². The number of nitrogens with one attached hydrogen (secondary N) is 1. The number of aryl methyl sites for hydroxylation is 1. The summed E-state index contributed by atoms with van der Waals surface area (Å²) in [6, 6.07) is 2.91. The molecule has 4 heteroatoms. The van der Waals surface area contributed by atoms with Crippen molar-refractivity contribution in [1.82, 2.24) is 5.32 Å². The van der Waals surface area contributed by atoms with Crippen molar-refractivity contribution >= 4 is 5.91 Å². The molecule has 0 aromatic heterocycles. The van der Waals surface area contributed by atoms with Crippen LogP contribution in [0.25, 0.3) is 0 Å². The van der Waals surface area contributed by atoms with Gasteiger partial charge in [-0.25, -0.2) is 0 Å². The van der Waals surface area contributed by atoms with Gasteiger partial charge in [0.2, 0.25) is 5.91 Å². The van der Waals surface area contributed by atoms with Crippen molar-refractivity contribution in [2.75, 3.05) is 0 Å². The molecule has 0 heterocycles. The van der Waals surface area contributed by atoms with Crippen molar-refractivity contribution in [3.63, 3.8) is 0 Å². The number of phenols is 2. The Hall–Kier alpha value is -1.71. The summed E-state index contributed by atoms with van der Waals surface area (Å²) in [5.74, 6) is -0.443. The molecule has 1 rings (SSSR count). The summed E-state index contributed by atoms with van der Waals surface area (Å²) in [6.07, 6.45) is 0. The van der Waals surface area contributed by atoms with E-state index in [0.29, 0.717) is 6.54 Å². The summed E-state index contributed by atoms with van der Waals surface area (Å²) < 4.78 is 0. The van der Waals surface area contributed by atoms with Crippen LogP contribution >= 0.6 is 0 Å². The third-order valence-electron chi connectivity index (χ3n) is 1.96. The second kappa shape index (κ2) is 4.00. The summed E-state index contributed by atoms with van der Waals surface area (Å²) in [5.41, 5.74) is 1.62. The number of carbonyl (C=O) groups excluding carboxylic acids is 1. The van der Waals surface area contributed by atoms with Crippen LogP contribution in [0.1, 0.15) is 18.1 Å². The van der Waals surface area contributed by atoms with E-state index in [2.05, 4.69) is 5.32 Å². The molecule has 0 saturated carbocycles. The zero-order valence-corrected chi connectivity index (χ0v) is 8.16. The van der Waals surface area contributed by atoms with Gasteiger partial charge >= 0.3 is 0 Å². The summed E-state index contributed by atoms with van der Waals surface area (Å²) >= 11 is 0. The highest BCUT2D eigenvalue weighted by atomic mass is 16.3. The molecule has 0 radical (unpaired) electrons. The van der Waals surface area contributed by atoms with E-state index in [9.17, 15) is 9.90 Å². The SMILES string of the molecule is CC(=O)NCc1cc(O)c(O)cc1C. The smallest absolute Gasteiger partial charge is 0.217 e. The van der Waals surface area contributed by atoms with Crippen LogP contribution in [0.4, 0.5) is 0 Å². The molecule has 1 aromatic carbocycles. The lowest BCUT2D eigenvalue weighted by atomic mass is 10.1. The van der Waals surface area contributed by atoms with E-state index in [4.69, 9.17) is 5.11 Å². The van der Waals surface area contributed by atoms with Crippen molar-refractivity contribution in [2.24, 2.45) is 0 Å². The van der Waals surface area contributed by atoms with Crippen LogP contribution in [0.2, 0.25) is 0 Å². The number of amides is 1. The highest BCUT2D eigenvalue weighted by molar-refractivity contribution is 5.72. The topological polar surface area (TPSA) is 69.6 Å². The Kier molecular flexibility index (Phi) is 2.96. The van der Waals surface area contributed by atoms with Crippen LogP contribution < -0.4 is 5.32 Å². The van der Waals surface area contributed by atoms with Crippen LogP contribution in [0.15, 0.2) is 12.1 Å². The fourth-order valence-electron chi connectivity index (χ4n) is 1.13. The number of hydrogen-bond acceptors (Lipinski definition) is 3. The second-order valence-electron chi connectivity index (χ2n) is 3.18. The maximum Gasteiger partial charge on any atom is 0.217 e. The maximum atomic E-state index is 10.7. The number of carbonyl (C=O) groups is 1. The number of benzene rings is 1. The lowest BCUT2D eigenvalue weighted by molar-refractivity contribution is -0.119. The maximum absolute atomic E-state index is 10.7. The van der Waals surface area contributed by atoms with Gasteiger partial charge in [0.1, 0.15) is 0 Å². The van der Waals surface area contributed by atoms with Crippen molar-refractivity contribution in [1.29, 1.82) is 0 Å². The quantitative estimate of drug-likeness (QED) is 0.617. The molecule has 0 aliphatic carbocycles. The Morgan fingerprint density at radius 2 is 1.93 bits per heavy atom. The standard InChI is InChI=1S/C10H13NO3/c1-6-3-9(13)10(14)4-8(6)5-11-7(2)12/h3-4,13-14H,5H2,1-2H3,(H,11,12). The normalized spacial score (nSPS) is 9.86. The molecule has 76 valence electrons. The molecule has 0 aliphatic heterocycles. The van der Waals surface area contributed by atoms with Crippen molar-refractivity contribution in [2.45, 2.75) is 20.4 Å². The molecule has 0 aliphatic rings. The molecule has 14 heavy (non-hydrogen) atoms. The van der Waals surface area contributed by atoms with Gasteiger partial charge in [0.05, 0.1) is 0 Å². The number of rotatable bonds is 2. The van der Waals surface area contributed by atoms with Gasteiger partial charge in [0.25, 0.3) is 0 Å². The third-order valence-corrected chi connectivity index (χ3v) is 1.96. The van der Waals surface area contributed by atoms with Crippen LogP contribution in [-0.2, 0) is 11.3 Å². The third kappa shape index (κ3) is 2.39. The summed E-state index contributed by atoms with van der Waals surface area (Å²) in [4.78, 5) is 10.7. The average molecular weight is 195 g/mol. The minimum Gasteiger partial charge on any atom is -0.504 e. The zero-order valence-electron chi connectivity index (χ0n) is 8.16. The second-order valence-corrected chi connectivity index (χ2v) is 3.18. The van der Waals surface area contributed by atoms with Crippen LogP contribution in [-0.4, -0.2) is 16.1 Å². The molecular weight excluding hydrogens is 182 g/mol. The van der Waals surface area contributed by atoms with E-state index >= 15 is 0 Å².